The minimum absolute atomic E-state index is 0.453. The van der Waals surface area contributed by atoms with Crippen LogP contribution in [0.2, 0.25) is 0 Å². The van der Waals surface area contributed by atoms with E-state index in [4.69, 9.17) is 15.7 Å². The van der Waals surface area contributed by atoms with Gasteiger partial charge in [0.15, 0.2) is 0 Å². The Labute approximate surface area is 119 Å². The number of rotatable bonds is 3. The Bertz CT molecular complexity index is 650. The second-order valence-corrected chi connectivity index (χ2v) is 4.83. The van der Waals surface area contributed by atoms with E-state index in [-0.39, 0.29) is 0 Å². The maximum atomic E-state index is 8.83. The van der Waals surface area contributed by atoms with Crippen molar-refractivity contribution in [3.05, 3.63) is 46.4 Å². The number of hydrogen-bond acceptors (Lipinski definition) is 4. The molecule has 2 rings (SSSR count). The molecule has 0 amide bonds. The Hall–Kier alpha value is -2.19. The first-order chi connectivity index (χ1) is 9.12. The highest BCUT2D eigenvalue weighted by Crippen LogP contribution is 2.28. The summed E-state index contributed by atoms with van der Waals surface area (Å²) in [5.41, 5.74) is 8.39. The first-order valence-electron chi connectivity index (χ1n) is 5.53. The van der Waals surface area contributed by atoms with E-state index in [0.717, 1.165) is 21.6 Å². The van der Waals surface area contributed by atoms with Crippen LogP contribution in [0.25, 0.3) is 0 Å². The van der Waals surface area contributed by atoms with Crippen molar-refractivity contribution < 1.29 is 4.74 Å². The second-order valence-electron chi connectivity index (χ2n) is 3.92. The summed E-state index contributed by atoms with van der Waals surface area (Å²) in [5, 5.41) is 12.0. The van der Waals surface area contributed by atoms with Crippen molar-refractivity contribution in [1.82, 2.24) is 0 Å². The Kier molecular flexibility index (Phi) is 3.93. The molecular weight excluding hydrogens is 306 g/mol. The Morgan fingerprint density at radius 2 is 2.00 bits per heavy atom. The van der Waals surface area contributed by atoms with Gasteiger partial charge in [-0.2, -0.15) is 5.26 Å². The van der Waals surface area contributed by atoms with Crippen LogP contribution in [-0.2, 0) is 0 Å². The molecule has 0 saturated carbocycles. The third-order valence-electron chi connectivity index (χ3n) is 2.57. The quantitative estimate of drug-likeness (QED) is 0.847. The monoisotopic (exact) mass is 317 g/mol. The molecule has 0 fully saturated rings. The third kappa shape index (κ3) is 3.18. The summed E-state index contributed by atoms with van der Waals surface area (Å²) >= 11 is 3.42. The molecule has 0 aliphatic rings. The van der Waals surface area contributed by atoms with Gasteiger partial charge >= 0.3 is 0 Å². The fraction of sp³-hybridized carbons (Fsp3) is 0.0714. The van der Waals surface area contributed by atoms with E-state index in [1.807, 2.05) is 30.3 Å². The maximum Gasteiger partial charge on any atom is 0.122 e. The van der Waals surface area contributed by atoms with Crippen LogP contribution in [0.5, 0.6) is 5.75 Å². The van der Waals surface area contributed by atoms with Crippen LogP contribution in [-0.4, -0.2) is 7.11 Å². The highest BCUT2D eigenvalue weighted by Gasteiger charge is 2.03. The average molecular weight is 318 g/mol. The van der Waals surface area contributed by atoms with Gasteiger partial charge in [0.25, 0.3) is 0 Å². The number of nitrogen functional groups attached to an aromatic ring is 1. The lowest BCUT2D eigenvalue weighted by Crippen LogP contribution is -1.95. The van der Waals surface area contributed by atoms with E-state index in [1.165, 1.54) is 0 Å². The molecule has 5 heteroatoms. The molecule has 0 aliphatic carbocycles. The van der Waals surface area contributed by atoms with Gasteiger partial charge in [0, 0.05) is 21.9 Å². The molecule has 0 unspecified atom stereocenters. The van der Waals surface area contributed by atoms with Crippen molar-refractivity contribution in [2.75, 3.05) is 18.2 Å². The largest absolute Gasteiger partial charge is 0.497 e. The van der Waals surface area contributed by atoms with Crippen LogP contribution < -0.4 is 15.8 Å². The first-order valence-corrected chi connectivity index (χ1v) is 6.33. The number of nitriles is 1. The highest BCUT2D eigenvalue weighted by molar-refractivity contribution is 9.10. The van der Waals surface area contributed by atoms with Gasteiger partial charge in [-0.05, 0) is 30.3 Å². The summed E-state index contributed by atoms with van der Waals surface area (Å²) in [4.78, 5) is 0. The Balaban J connectivity index is 2.28. The van der Waals surface area contributed by atoms with Crippen LogP contribution in [0.4, 0.5) is 17.1 Å². The normalized spacial score (nSPS) is 9.74. The number of methoxy groups -OCH3 is 1. The van der Waals surface area contributed by atoms with E-state index in [0.29, 0.717) is 11.3 Å². The summed E-state index contributed by atoms with van der Waals surface area (Å²) in [6.45, 7) is 0. The van der Waals surface area contributed by atoms with E-state index in [2.05, 4.69) is 21.2 Å². The van der Waals surface area contributed by atoms with Crippen molar-refractivity contribution in [3.63, 3.8) is 0 Å². The fourth-order valence-corrected chi connectivity index (χ4v) is 2.13. The minimum atomic E-state index is 0.453. The van der Waals surface area contributed by atoms with Crippen LogP contribution in [0.1, 0.15) is 5.56 Å². The van der Waals surface area contributed by atoms with Crippen LogP contribution in [0.15, 0.2) is 40.9 Å². The van der Waals surface area contributed by atoms with E-state index in [9.17, 15) is 0 Å². The smallest absolute Gasteiger partial charge is 0.122 e. The molecule has 0 aromatic heterocycles. The first kappa shape index (κ1) is 13.2. The van der Waals surface area contributed by atoms with Gasteiger partial charge in [0.05, 0.1) is 18.4 Å². The average Bonchev–Trinajstić information content (AvgIpc) is 2.38. The summed E-state index contributed by atoms with van der Waals surface area (Å²) in [5.74, 6) is 0.749. The van der Waals surface area contributed by atoms with Gasteiger partial charge in [-0.3, -0.25) is 0 Å². The molecule has 3 N–H and O–H groups in total. The molecule has 96 valence electrons. The van der Waals surface area contributed by atoms with Crippen molar-refractivity contribution >= 4 is 33.0 Å². The number of benzene rings is 2. The zero-order valence-corrected chi connectivity index (χ0v) is 11.9. The molecule has 2 aromatic carbocycles. The number of hydrogen-bond donors (Lipinski definition) is 2. The third-order valence-corrected chi connectivity index (χ3v) is 3.03. The molecule has 0 aliphatic heterocycles. The molecular formula is C14H12BrN3O. The van der Waals surface area contributed by atoms with Gasteiger partial charge in [-0.25, -0.2) is 0 Å². The zero-order chi connectivity index (χ0) is 13.8. The molecule has 0 radical (unpaired) electrons. The van der Waals surface area contributed by atoms with Gasteiger partial charge in [-0.15, -0.1) is 0 Å². The number of anilines is 3. The molecule has 19 heavy (non-hydrogen) atoms. The predicted octanol–water partition coefficient (Wildman–Crippen LogP) is 3.66. The lowest BCUT2D eigenvalue weighted by molar-refractivity contribution is 0.415. The fourth-order valence-electron chi connectivity index (χ4n) is 1.66. The lowest BCUT2D eigenvalue weighted by Gasteiger charge is -2.10. The van der Waals surface area contributed by atoms with E-state index in [1.54, 1.807) is 19.2 Å². The van der Waals surface area contributed by atoms with Crippen molar-refractivity contribution in [1.29, 1.82) is 5.26 Å². The standard InChI is InChI=1S/C14H12BrN3O/c1-19-13-5-10(15)4-12(6-13)18-11-3-2-9(8-16)14(17)7-11/h2-7,18H,17H2,1H3. The van der Waals surface area contributed by atoms with Crippen LogP contribution in [0, 0.1) is 11.3 Å². The number of nitrogens with zero attached hydrogens (tertiary/aromatic N) is 1. The highest BCUT2D eigenvalue weighted by atomic mass is 79.9. The summed E-state index contributed by atoms with van der Waals surface area (Å²) in [6.07, 6.45) is 0. The van der Waals surface area contributed by atoms with Gasteiger partial charge in [0.2, 0.25) is 0 Å². The molecule has 0 spiro atoms. The molecule has 0 heterocycles. The molecule has 0 bridgehead atoms. The SMILES string of the molecule is COc1cc(Br)cc(Nc2ccc(C#N)c(N)c2)c1. The van der Waals surface area contributed by atoms with Crippen molar-refractivity contribution in [2.24, 2.45) is 0 Å². The lowest BCUT2D eigenvalue weighted by atomic mass is 10.1. The van der Waals surface area contributed by atoms with Crippen molar-refractivity contribution in [3.8, 4) is 11.8 Å². The van der Waals surface area contributed by atoms with E-state index >= 15 is 0 Å². The predicted molar refractivity (Wildman–Crippen MR) is 79.5 cm³/mol. The Morgan fingerprint density at radius 1 is 1.21 bits per heavy atom. The zero-order valence-electron chi connectivity index (χ0n) is 10.3. The Morgan fingerprint density at radius 3 is 2.63 bits per heavy atom. The van der Waals surface area contributed by atoms with Gasteiger partial charge < -0.3 is 15.8 Å². The number of nitrogens with two attached hydrogens (primary N) is 1. The molecule has 4 nitrogen and oxygen atoms in total. The maximum absolute atomic E-state index is 8.83. The van der Waals surface area contributed by atoms with Crippen LogP contribution >= 0.6 is 15.9 Å². The molecule has 0 saturated heterocycles. The number of halogens is 1. The van der Waals surface area contributed by atoms with E-state index < -0.39 is 0 Å². The van der Waals surface area contributed by atoms with Crippen LogP contribution in [0.3, 0.4) is 0 Å². The number of ether oxygens (including phenoxy) is 1. The second kappa shape index (κ2) is 5.63. The summed E-state index contributed by atoms with van der Waals surface area (Å²) in [7, 11) is 1.62. The van der Waals surface area contributed by atoms with Gasteiger partial charge in [0.1, 0.15) is 11.8 Å². The summed E-state index contributed by atoms with van der Waals surface area (Å²) in [6, 6.07) is 12.9. The minimum Gasteiger partial charge on any atom is -0.497 e. The summed E-state index contributed by atoms with van der Waals surface area (Å²) < 4.78 is 6.11. The number of nitrogens with one attached hydrogen (secondary N) is 1. The molecule has 0 atom stereocenters. The van der Waals surface area contributed by atoms with Gasteiger partial charge in [-0.1, -0.05) is 15.9 Å². The topological polar surface area (TPSA) is 71.1 Å². The van der Waals surface area contributed by atoms with Crippen molar-refractivity contribution in [2.45, 2.75) is 0 Å². The molecule has 2 aromatic rings.